The average molecular weight is 305 g/mol. The van der Waals surface area contributed by atoms with Crippen molar-refractivity contribution in [3.8, 4) is 0 Å². The molecule has 3 rings (SSSR count). The van der Waals surface area contributed by atoms with E-state index in [-0.39, 0.29) is 6.10 Å². The zero-order valence-corrected chi connectivity index (χ0v) is 12.3. The summed E-state index contributed by atoms with van der Waals surface area (Å²) in [5.41, 5.74) is 0.935. The van der Waals surface area contributed by atoms with E-state index in [0.29, 0.717) is 23.3 Å². The molecule has 21 heavy (non-hydrogen) atoms. The van der Waals surface area contributed by atoms with Crippen LogP contribution in [0.15, 0.2) is 36.5 Å². The Morgan fingerprint density at radius 1 is 1.29 bits per heavy atom. The Morgan fingerprint density at radius 3 is 2.90 bits per heavy atom. The Bertz CT molecular complexity index is 587. The Morgan fingerprint density at radius 2 is 2.14 bits per heavy atom. The molecule has 0 bridgehead atoms. The van der Waals surface area contributed by atoms with E-state index >= 15 is 0 Å². The van der Waals surface area contributed by atoms with Crippen LogP contribution in [-0.4, -0.2) is 29.2 Å². The molecule has 1 atom stereocenters. The summed E-state index contributed by atoms with van der Waals surface area (Å²) in [5.74, 6) is 1.14. The summed E-state index contributed by atoms with van der Waals surface area (Å²) in [5, 5.41) is 6.89. The van der Waals surface area contributed by atoms with Gasteiger partial charge in [-0.3, -0.25) is 0 Å². The summed E-state index contributed by atoms with van der Waals surface area (Å²) >= 11 is 6.13. The number of aromatic nitrogens is 2. The zero-order valence-electron chi connectivity index (χ0n) is 11.6. The zero-order chi connectivity index (χ0) is 14.5. The molecule has 110 valence electrons. The second-order valence-corrected chi connectivity index (χ2v) is 5.30. The standard InChI is InChI=1S/C15H17ClN4O/c16-13-10-18-15(19-11-5-2-1-3-6-11)20-14(13)17-9-12-7-4-8-21-12/h1-3,5-6,10,12H,4,7-9H2,(H2,17,18,19,20). The first-order valence-electron chi connectivity index (χ1n) is 7.01. The minimum absolute atomic E-state index is 0.238. The molecular formula is C15H17ClN4O. The van der Waals surface area contributed by atoms with E-state index in [2.05, 4.69) is 20.6 Å². The van der Waals surface area contributed by atoms with Gasteiger partial charge < -0.3 is 15.4 Å². The topological polar surface area (TPSA) is 59.1 Å². The molecule has 1 aliphatic heterocycles. The van der Waals surface area contributed by atoms with Gasteiger partial charge in [0.05, 0.1) is 12.3 Å². The third-order valence-electron chi connectivity index (χ3n) is 3.30. The monoisotopic (exact) mass is 304 g/mol. The molecule has 2 N–H and O–H groups in total. The van der Waals surface area contributed by atoms with Crippen LogP contribution in [-0.2, 0) is 4.74 Å². The van der Waals surface area contributed by atoms with Crippen LogP contribution < -0.4 is 10.6 Å². The quantitative estimate of drug-likeness (QED) is 0.886. The maximum atomic E-state index is 6.13. The van der Waals surface area contributed by atoms with E-state index in [0.717, 1.165) is 25.1 Å². The molecule has 1 aromatic carbocycles. The highest BCUT2D eigenvalue weighted by Gasteiger charge is 2.16. The highest BCUT2D eigenvalue weighted by molar-refractivity contribution is 6.32. The van der Waals surface area contributed by atoms with Crippen LogP contribution in [0.25, 0.3) is 0 Å². The minimum Gasteiger partial charge on any atom is -0.376 e. The normalized spacial score (nSPS) is 17.7. The van der Waals surface area contributed by atoms with Crippen molar-refractivity contribution in [1.82, 2.24) is 9.97 Å². The fourth-order valence-electron chi connectivity index (χ4n) is 2.22. The van der Waals surface area contributed by atoms with Gasteiger partial charge in [-0.1, -0.05) is 29.8 Å². The molecule has 0 amide bonds. The highest BCUT2D eigenvalue weighted by atomic mass is 35.5. The molecule has 1 fully saturated rings. The number of nitrogens with zero attached hydrogens (tertiary/aromatic N) is 2. The first-order chi connectivity index (χ1) is 10.3. The third-order valence-corrected chi connectivity index (χ3v) is 3.57. The number of ether oxygens (including phenoxy) is 1. The van der Waals surface area contributed by atoms with Crippen LogP contribution in [0.3, 0.4) is 0 Å². The molecule has 6 heteroatoms. The summed E-state index contributed by atoms with van der Waals surface area (Å²) in [6.07, 6.45) is 4.02. The molecule has 2 heterocycles. The van der Waals surface area contributed by atoms with Crippen LogP contribution in [0, 0.1) is 0 Å². The summed E-state index contributed by atoms with van der Waals surface area (Å²) in [7, 11) is 0. The molecule has 0 aliphatic carbocycles. The van der Waals surface area contributed by atoms with Gasteiger partial charge in [0.1, 0.15) is 5.02 Å². The third kappa shape index (κ3) is 3.83. The second-order valence-electron chi connectivity index (χ2n) is 4.90. The van der Waals surface area contributed by atoms with E-state index in [9.17, 15) is 0 Å². The van der Waals surface area contributed by atoms with Crippen molar-refractivity contribution < 1.29 is 4.74 Å². The molecule has 1 unspecified atom stereocenters. The Kier molecular flexibility index (Phi) is 4.52. The number of anilines is 3. The summed E-state index contributed by atoms with van der Waals surface area (Å²) < 4.78 is 5.58. The first-order valence-corrected chi connectivity index (χ1v) is 7.39. The molecule has 0 saturated carbocycles. The lowest BCUT2D eigenvalue weighted by atomic mass is 10.2. The SMILES string of the molecule is Clc1cnc(Nc2ccccc2)nc1NCC1CCCO1. The predicted molar refractivity (Wildman–Crippen MR) is 84.2 cm³/mol. The van der Waals surface area contributed by atoms with E-state index in [1.54, 1.807) is 6.20 Å². The van der Waals surface area contributed by atoms with Crippen LogP contribution in [0.1, 0.15) is 12.8 Å². The Balaban J connectivity index is 1.67. The van der Waals surface area contributed by atoms with Crippen LogP contribution in [0.5, 0.6) is 0 Å². The number of halogens is 1. The van der Waals surface area contributed by atoms with Gasteiger partial charge in [-0.25, -0.2) is 4.98 Å². The van der Waals surface area contributed by atoms with Crippen LogP contribution in [0.4, 0.5) is 17.5 Å². The van der Waals surface area contributed by atoms with Crippen molar-refractivity contribution in [3.63, 3.8) is 0 Å². The average Bonchev–Trinajstić information content (AvgIpc) is 3.02. The molecule has 1 saturated heterocycles. The Labute approximate surface area is 128 Å². The van der Waals surface area contributed by atoms with Gasteiger partial charge in [0.2, 0.25) is 5.95 Å². The summed E-state index contributed by atoms with van der Waals surface area (Å²) in [6.45, 7) is 1.55. The molecule has 2 aromatic rings. The van der Waals surface area contributed by atoms with Gasteiger partial charge in [-0.15, -0.1) is 0 Å². The van der Waals surface area contributed by atoms with Crippen molar-refractivity contribution in [1.29, 1.82) is 0 Å². The number of hydrogen-bond donors (Lipinski definition) is 2. The van der Waals surface area contributed by atoms with Gasteiger partial charge in [0.25, 0.3) is 0 Å². The first kappa shape index (κ1) is 14.1. The van der Waals surface area contributed by atoms with E-state index in [4.69, 9.17) is 16.3 Å². The molecule has 0 radical (unpaired) electrons. The summed E-state index contributed by atoms with van der Waals surface area (Å²) in [6, 6.07) is 9.78. The second kappa shape index (κ2) is 6.74. The predicted octanol–water partition coefficient (Wildman–Crippen LogP) is 3.46. The number of para-hydroxylation sites is 1. The van der Waals surface area contributed by atoms with Crippen molar-refractivity contribution in [2.24, 2.45) is 0 Å². The fraction of sp³-hybridized carbons (Fsp3) is 0.333. The lowest BCUT2D eigenvalue weighted by molar-refractivity contribution is 0.120. The number of nitrogens with one attached hydrogen (secondary N) is 2. The van der Waals surface area contributed by atoms with Crippen LogP contribution in [0.2, 0.25) is 5.02 Å². The van der Waals surface area contributed by atoms with Crippen LogP contribution >= 0.6 is 11.6 Å². The molecule has 1 aromatic heterocycles. The lowest BCUT2D eigenvalue weighted by Gasteiger charge is -2.13. The van der Waals surface area contributed by atoms with E-state index in [1.807, 2.05) is 30.3 Å². The van der Waals surface area contributed by atoms with Gasteiger partial charge >= 0.3 is 0 Å². The molecule has 1 aliphatic rings. The number of hydrogen-bond acceptors (Lipinski definition) is 5. The molecule has 5 nitrogen and oxygen atoms in total. The summed E-state index contributed by atoms with van der Waals surface area (Å²) in [4.78, 5) is 8.60. The van der Waals surface area contributed by atoms with Gasteiger partial charge in [-0.05, 0) is 25.0 Å². The van der Waals surface area contributed by atoms with Crippen molar-refractivity contribution in [2.45, 2.75) is 18.9 Å². The lowest BCUT2D eigenvalue weighted by Crippen LogP contribution is -2.19. The largest absolute Gasteiger partial charge is 0.376 e. The number of benzene rings is 1. The van der Waals surface area contributed by atoms with Crippen molar-refractivity contribution in [3.05, 3.63) is 41.6 Å². The van der Waals surface area contributed by atoms with E-state index < -0.39 is 0 Å². The van der Waals surface area contributed by atoms with Gasteiger partial charge in [0, 0.05) is 18.8 Å². The number of rotatable bonds is 5. The Hall–Kier alpha value is -1.85. The maximum Gasteiger partial charge on any atom is 0.229 e. The van der Waals surface area contributed by atoms with Crippen molar-refractivity contribution in [2.75, 3.05) is 23.8 Å². The smallest absolute Gasteiger partial charge is 0.229 e. The van der Waals surface area contributed by atoms with Crippen molar-refractivity contribution >= 4 is 29.1 Å². The van der Waals surface area contributed by atoms with E-state index in [1.165, 1.54) is 0 Å². The molecule has 0 spiro atoms. The minimum atomic E-state index is 0.238. The van der Waals surface area contributed by atoms with Gasteiger partial charge in [-0.2, -0.15) is 4.98 Å². The highest BCUT2D eigenvalue weighted by Crippen LogP contribution is 2.22. The molecular weight excluding hydrogens is 288 g/mol. The maximum absolute atomic E-state index is 6.13. The fourth-order valence-corrected chi connectivity index (χ4v) is 2.38. The van der Waals surface area contributed by atoms with Gasteiger partial charge in [0.15, 0.2) is 5.82 Å².